The molecule has 1 N–H and O–H groups in total. The van der Waals surface area contributed by atoms with Crippen molar-refractivity contribution in [2.45, 2.75) is 19.3 Å². The summed E-state index contributed by atoms with van der Waals surface area (Å²) in [5.41, 5.74) is 1.14. The molecule has 0 saturated heterocycles. The van der Waals surface area contributed by atoms with Crippen molar-refractivity contribution in [2.24, 2.45) is 5.92 Å². The zero-order chi connectivity index (χ0) is 13.4. The van der Waals surface area contributed by atoms with Gasteiger partial charge in [-0.2, -0.15) is 0 Å². The van der Waals surface area contributed by atoms with Crippen LogP contribution in [0.25, 0.3) is 11.1 Å². The summed E-state index contributed by atoms with van der Waals surface area (Å²) in [5, 5.41) is 9.35. The van der Waals surface area contributed by atoms with Gasteiger partial charge in [-0.25, -0.2) is 9.18 Å². The zero-order valence-electron chi connectivity index (χ0n) is 10.2. The Morgan fingerprint density at radius 2 is 2.21 bits per heavy atom. The summed E-state index contributed by atoms with van der Waals surface area (Å²) in [7, 11) is 0. The molecule has 1 aliphatic carbocycles. The van der Waals surface area contributed by atoms with E-state index in [2.05, 4.69) is 0 Å². The maximum atomic E-state index is 13.2. The van der Waals surface area contributed by atoms with Gasteiger partial charge in [-0.15, -0.1) is 0 Å². The highest BCUT2D eigenvalue weighted by Gasteiger charge is 2.28. The first-order valence-electron chi connectivity index (χ1n) is 6.24. The summed E-state index contributed by atoms with van der Waals surface area (Å²) in [6.07, 6.45) is 4.30. The van der Waals surface area contributed by atoms with Gasteiger partial charge in [0.2, 0.25) is 0 Å². The molecule has 1 saturated carbocycles. The molecule has 98 valence electrons. The lowest BCUT2D eigenvalue weighted by molar-refractivity contribution is 0.0695. The van der Waals surface area contributed by atoms with E-state index in [1.807, 2.05) is 0 Å². The molecule has 1 aromatic heterocycles. The van der Waals surface area contributed by atoms with Gasteiger partial charge in [0.05, 0.1) is 6.26 Å². The predicted octanol–water partition coefficient (Wildman–Crippen LogP) is 3.74. The molecule has 0 bridgehead atoms. The fourth-order valence-electron chi connectivity index (χ4n) is 2.24. The van der Waals surface area contributed by atoms with Crippen LogP contribution >= 0.6 is 0 Å². The van der Waals surface area contributed by atoms with Crippen LogP contribution in [-0.2, 0) is 6.42 Å². The topological polar surface area (TPSA) is 50.4 Å². The Bertz CT molecular complexity index is 626. The molecular formula is C15H13FO3. The molecule has 0 radical (unpaired) electrons. The number of hydrogen-bond acceptors (Lipinski definition) is 2. The van der Waals surface area contributed by atoms with Crippen molar-refractivity contribution in [2.75, 3.05) is 0 Å². The minimum Gasteiger partial charge on any atom is -0.478 e. The smallest absolute Gasteiger partial charge is 0.339 e. The Morgan fingerprint density at radius 1 is 1.42 bits per heavy atom. The molecule has 0 aliphatic heterocycles. The Balaban J connectivity index is 2.05. The highest BCUT2D eigenvalue weighted by Crippen LogP contribution is 2.36. The lowest BCUT2D eigenvalue weighted by Crippen LogP contribution is -2.02. The van der Waals surface area contributed by atoms with Crippen molar-refractivity contribution in [3.63, 3.8) is 0 Å². The van der Waals surface area contributed by atoms with Gasteiger partial charge in [0.15, 0.2) is 0 Å². The largest absolute Gasteiger partial charge is 0.478 e. The molecule has 1 aromatic carbocycles. The summed E-state index contributed by atoms with van der Waals surface area (Å²) in [6.45, 7) is 0. The van der Waals surface area contributed by atoms with Crippen molar-refractivity contribution in [1.29, 1.82) is 0 Å². The van der Waals surface area contributed by atoms with E-state index in [1.54, 1.807) is 12.1 Å². The number of rotatable bonds is 4. The van der Waals surface area contributed by atoms with Crippen LogP contribution in [0.2, 0.25) is 0 Å². The van der Waals surface area contributed by atoms with Gasteiger partial charge in [0.25, 0.3) is 0 Å². The number of carboxylic acids is 1. The second kappa shape index (κ2) is 4.53. The van der Waals surface area contributed by atoms with E-state index in [-0.39, 0.29) is 5.56 Å². The number of furan rings is 1. The quantitative estimate of drug-likeness (QED) is 0.911. The number of hydrogen-bond donors (Lipinski definition) is 1. The lowest BCUT2D eigenvalue weighted by atomic mass is 10.0. The van der Waals surface area contributed by atoms with Crippen molar-refractivity contribution in [3.05, 3.63) is 47.7 Å². The van der Waals surface area contributed by atoms with Gasteiger partial charge in [0.1, 0.15) is 17.1 Å². The maximum absolute atomic E-state index is 13.2. The molecular weight excluding hydrogens is 247 g/mol. The Kier molecular flexibility index (Phi) is 2.85. The highest BCUT2D eigenvalue weighted by molar-refractivity contribution is 5.97. The van der Waals surface area contributed by atoms with Gasteiger partial charge in [-0.1, -0.05) is 12.1 Å². The molecule has 0 amide bonds. The van der Waals surface area contributed by atoms with Gasteiger partial charge in [-0.05, 0) is 36.5 Å². The molecule has 3 rings (SSSR count). The van der Waals surface area contributed by atoms with E-state index >= 15 is 0 Å². The van der Waals surface area contributed by atoms with Crippen LogP contribution in [-0.4, -0.2) is 11.1 Å². The van der Waals surface area contributed by atoms with Crippen molar-refractivity contribution >= 4 is 5.97 Å². The number of carboxylic acid groups (broad SMARTS) is 1. The number of halogens is 1. The van der Waals surface area contributed by atoms with Crippen LogP contribution in [0.3, 0.4) is 0 Å². The van der Waals surface area contributed by atoms with E-state index in [9.17, 15) is 14.3 Å². The summed E-state index contributed by atoms with van der Waals surface area (Å²) in [6, 6.07) is 5.89. The molecule has 1 fully saturated rings. The number of carbonyl (C=O) groups is 1. The van der Waals surface area contributed by atoms with Crippen LogP contribution in [0.5, 0.6) is 0 Å². The summed E-state index contributed by atoms with van der Waals surface area (Å²) in [5.74, 6) is -0.388. The van der Waals surface area contributed by atoms with E-state index in [0.29, 0.717) is 29.2 Å². The second-order valence-corrected chi connectivity index (χ2v) is 4.91. The van der Waals surface area contributed by atoms with E-state index in [1.165, 1.54) is 18.4 Å². The molecule has 19 heavy (non-hydrogen) atoms. The average Bonchev–Trinajstić information content (AvgIpc) is 3.06. The maximum Gasteiger partial charge on any atom is 0.339 e. The molecule has 0 atom stereocenters. The standard InChI is InChI=1S/C15H13FO3/c16-11-3-1-2-10(7-11)12-8-19-13(6-9-4-5-9)14(12)15(17)18/h1-3,7-9H,4-6H2,(H,17,18). The minimum absolute atomic E-state index is 0.164. The fraction of sp³-hybridized carbons (Fsp3) is 0.267. The first-order valence-corrected chi connectivity index (χ1v) is 6.24. The third kappa shape index (κ3) is 2.38. The highest BCUT2D eigenvalue weighted by atomic mass is 19.1. The van der Waals surface area contributed by atoms with Crippen LogP contribution in [0.15, 0.2) is 34.9 Å². The number of aromatic carboxylic acids is 1. The Labute approximate surface area is 109 Å². The first-order chi connectivity index (χ1) is 9.15. The zero-order valence-corrected chi connectivity index (χ0v) is 10.2. The van der Waals surface area contributed by atoms with Gasteiger partial charge >= 0.3 is 5.97 Å². The van der Waals surface area contributed by atoms with Crippen LogP contribution in [0.1, 0.15) is 29.0 Å². The van der Waals surface area contributed by atoms with Gasteiger partial charge in [0, 0.05) is 12.0 Å². The first kappa shape index (κ1) is 12.0. The van der Waals surface area contributed by atoms with Gasteiger partial charge in [-0.3, -0.25) is 0 Å². The fourth-order valence-corrected chi connectivity index (χ4v) is 2.24. The molecule has 0 spiro atoms. The lowest BCUT2D eigenvalue weighted by Gasteiger charge is -2.01. The third-order valence-electron chi connectivity index (χ3n) is 3.39. The van der Waals surface area contributed by atoms with Crippen LogP contribution in [0, 0.1) is 11.7 Å². The second-order valence-electron chi connectivity index (χ2n) is 4.91. The van der Waals surface area contributed by atoms with E-state index in [0.717, 1.165) is 12.8 Å². The SMILES string of the molecule is O=C(O)c1c(-c2cccc(F)c2)coc1CC1CC1. The van der Waals surface area contributed by atoms with Crippen molar-refractivity contribution < 1.29 is 18.7 Å². The van der Waals surface area contributed by atoms with Crippen LogP contribution in [0.4, 0.5) is 4.39 Å². The Morgan fingerprint density at radius 3 is 2.84 bits per heavy atom. The molecule has 2 aromatic rings. The molecule has 1 aliphatic rings. The summed E-state index contributed by atoms with van der Waals surface area (Å²) < 4.78 is 18.6. The minimum atomic E-state index is -1.02. The molecule has 0 unspecified atom stereocenters. The average molecular weight is 260 g/mol. The van der Waals surface area contributed by atoms with Crippen LogP contribution < -0.4 is 0 Å². The monoisotopic (exact) mass is 260 g/mol. The molecule has 3 nitrogen and oxygen atoms in total. The predicted molar refractivity (Wildman–Crippen MR) is 67.5 cm³/mol. The molecule has 1 heterocycles. The van der Waals surface area contributed by atoms with E-state index in [4.69, 9.17) is 4.42 Å². The Hall–Kier alpha value is -2.10. The summed E-state index contributed by atoms with van der Waals surface area (Å²) in [4.78, 5) is 11.4. The van der Waals surface area contributed by atoms with Crippen molar-refractivity contribution in [3.8, 4) is 11.1 Å². The molecule has 4 heteroatoms. The van der Waals surface area contributed by atoms with Gasteiger partial charge < -0.3 is 9.52 Å². The summed E-state index contributed by atoms with van der Waals surface area (Å²) >= 11 is 0. The normalized spacial score (nSPS) is 14.6. The van der Waals surface area contributed by atoms with E-state index < -0.39 is 11.8 Å². The number of benzene rings is 1. The van der Waals surface area contributed by atoms with Crippen molar-refractivity contribution in [1.82, 2.24) is 0 Å². The third-order valence-corrected chi connectivity index (χ3v) is 3.39.